The minimum Gasteiger partial charge on any atom is -0.381 e. The molecule has 1 aromatic rings. The summed E-state index contributed by atoms with van der Waals surface area (Å²) < 4.78 is 5.74. The van der Waals surface area contributed by atoms with E-state index in [1.54, 1.807) is 21.0 Å². The van der Waals surface area contributed by atoms with Crippen molar-refractivity contribution in [2.45, 2.75) is 32.0 Å². The van der Waals surface area contributed by atoms with Gasteiger partial charge in [0.05, 0.1) is 21.7 Å². The Morgan fingerprint density at radius 1 is 1.48 bits per heavy atom. The molecular formula is C15H20ClN3O4. The van der Waals surface area contributed by atoms with E-state index in [1.807, 2.05) is 0 Å². The third-order valence-corrected chi connectivity index (χ3v) is 4.11. The van der Waals surface area contributed by atoms with E-state index in [0.29, 0.717) is 29.2 Å². The predicted molar refractivity (Wildman–Crippen MR) is 87.9 cm³/mol. The molecule has 0 saturated carbocycles. The zero-order chi connectivity index (χ0) is 17.1. The molecule has 1 aliphatic heterocycles. The normalized spacial score (nSPS) is 20.3. The number of ether oxygens (including phenoxy) is 1. The van der Waals surface area contributed by atoms with Crippen molar-refractivity contribution in [3.63, 3.8) is 0 Å². The maximum absolute atomic E-state index is 11.9. The highest BCUT2D eigenvalue weighted by Gasteiger charge is 2.31. The van der Waals surface area contributed by atoms with Crippen molar-refractivity contribution in [2.75, 3.05) is 26.0 Å². The number of nitrogens with one attached hydrogen (secondary N) is 1. The number of carbonyl (C=O) groups is 1. The highest BCUT2D eigenvalue weighted by atomic mass is 35.5. The highest BCUT2D eigenvalue weighted by Crippen LogP contribution is 2.31. The average molecular weight is 342 g/mol. The van der Waals surface area contributed by atoms with Gasteiger partial charge in [0.1, 0.15) is 6.10 Å². The molecule has 0 bridgehead atoms. The molecule has 1 amide bonds. The van der Waals surface area contributed by atoms with Crippen LogP contribution >= 0.6 is 11.6 Å². The molecule has 7 nitrogen and oxygen atoms in total. The first-order valence-corrected chi connectivity index (χ1v) is 7.72. The first-order chi connectivity index (χ1) is 10.8. The molecule has 0 aromatic heterocycles. The standard InChI is InChI=1S/C15H20ClN3O4/c1-9-6-10(19(21)22)7-12(16)14(9)17-8-11-4-5-13(23-11)15(20)18(2)3/h6-7,11,13,17H,4-5,8H2,1-3H3. The van der Waals surface area contributed by atoms with Gasteiger partial charge in [-0.05, 0) is 25.3 Å². The second kappa shape index (κ2) is 7.14. The quantitative estimate of drug-likeness (QED) is 0.657. The molecular weight excluding hydrogens is 322 g/mol. The maximum Gasteiger partial charge on any atom is 0.271 e. The van der Waals surface area contributed by atoms with E-state index >= 15 is 0 Å². The molecule has 1 heterocycles. The number of nitro benzene ring substituents is 1. The van der Waals surface area contributed by atoms with Gasteiger partial charge in [-0.1, -0.05) is 11.6 Å². The van der Waals surface area contributed by atoms with Gasteiger partial charge < -0.3 is 15.0 Å². The number of anilines is 1. The number of benzene rings is 1. The van der Waals surface area contributed by atoms with Crippen molar-refractivity contribution in [3.8, 4) is 0 Å². The number of amides is 1. The van der Waals surface area contributed by atoms with E-state index in [-0.39, 0.29) is 17.7 Å². The summed E-state index contributed by atoms with van der Waals surface area (Å²) in [5.41, 5.74) is 1.32. The van der Waals surface area contributed by atoms with Gasteiger partial charge in [-0.3, -0.25) is 14.9 Å². The number of non-ortho nitro benzene ring substituents is 1. The van der Waals surface area contributed by atoms with Crippen LogP contribution in [0.1, 0.15) is 18.4 Å². The van der Waals surface area contributed by atoms with Crippen LogP contribution in [-0.2, 0) is 9.53 Å². The molecule has 0 spiro atoms. The van der Waals surface area contributed by atoms with Crippen LogP contribution < -0.4 is 5.32 Å². The van der Waals surface area contributed by atoms with Gasteiger partial charge in [0.15, 0.2) is 0 Å². The van der Waals surface area contributed by atoms with Gasteiger partial charge in [0.2, 0.25) is 0 Å². The third kappa shape index (κ3) is 4.11. The molecule has 0 radical (unpaired) electrons. The summed E-state index contributed by atoms with van der Waals surface area (Å²) in [6.07, 6.45) is 0.983. The molecule has 1 N–H and O–H groups in total. The Morgan fingerprint density at radius 3 is 2.74 bits per heavy atom. The summed E-state index contributed by atoms with van der Waals surface area (Å²) in [6, 6.07) is 2.80. The van der Waals surface area contributed by atoms with Crippen molar-refractivity contribution in [1.82, 2.24) is 4.90 Å². The minimum absolute atomic E-state index is 0.0305. The summed E-state index contributed by atoms with van der Waals surface area (Å²) in [4.78, 5) is 23.7. The second-order valence-electron chi connectivity index (χ2n) is 5.81. The fraction of sp³-hybridized carbons (Fsp3) is 0.533. The number of hydrogen-bond donors (Lipinski definition) is 1. The summed E-state index contributed by atoms with van der Waals surface area (Å²) in [5, 5.41) is 14.3. The Kier molecular flexibility index (Phi) is 5.43. The van der Waals surface area contributed by atoms with E-state index in [0.717, 1.165) is 6.42 Å². The van der Waals surface area contributed by atoms with Crippen molar-refractivity contribution < 1.29 is 14.5 Å². The minimum atomic E-state index is -0.472. The molecule has 2 unspecified atom stereocenters. The van der Waals surface area contributed by atoms with E-state index < -0.39 is 11.0 Å². The lowest BCUT2D eigenvalue weighted by atomic mass is 10.1. The zero-order valence-corrected chi connectivity index (χ0v) is 14.1. The molecule has 1 saturated heterocycles. The molecule has 2 atom stereocenters. The Hall–Kier alpha value is -1.86. The van der Waals surface area contributed by atoms with Crippen molar-refractivity contribution in [2.24, 2.45) is 0 Å². The molecule has 1 fully saturated rings. The number of aryl methyl sites for hydroxylation is 1. The number of hydrogen-bond acceptors (Lipinski definition) is 5. The molecule has 1 aliphatic rings. The van der Waals surface area contributed by atoms with E-state index in [9.17, 15) is 14.9 Å². The molecule has 8 heteroatoms. The number of likely N-dealkylation sites (N-methyl/N-ethyl adjacent to an activating group) is 1. The monoisotopic (exact) mass is 341 g/mol. The second-order valence-corrected chi connectivity index (χ2v) is 6.22. The van der Waals surface area contributed by atoms with Crippen LogP contribution in [0.15, 0.2) is 12.1 Å². The van der Waals surface area contributed by atoms with Crippen molar-refractivity contribution in [1.29, 1.82) is 0 Å². The fourth-order valence-corrected chi connectivity index (χ4v) is 2.92. The lowest BCUT2D eigenvalue weighted by Crippen LogP contribution is -2.34. The maximum atomic E-state index is 11.9. The van der Waals surface area contributed by atoms with Gasteiger partial charge in [-0.15, -0.1) is 0 Å². The van der Waals surface area contributed by atoms with Gasteiger partial charge in [-0.25, -0.2) is 0 Å². The Labute approximate surface area is 139 Å². The Morgan fingerprint density at radius 2 is 2.17 bits per heavy atom. The molecule has 23 heavy (non-hydrogen) atoms. The third-order valence-electron chi connectivity index (χ3n) is 3.81. The van der Waals surface area contributed by atoms with E-state index in [4.69, 9.17) is 16.3 Å². The summed E-state index contributed by atoms with van der Waals surface area (Å²) in [6.45, 7) is 2.25. The molecule has 1 aromatic carbocycles. The van der Waals surface area contributed by atoms with E-state index in [1.165, 1.54) is 17.0 Å². The lowest BCUT2D eigenvalue weighted by molar-refractivity contribution is -0.384. The summed E-state index contributed by atoms with van der Waals surface area (Å²) in [7, 11) is 3.41. The van der Waals surface area contributed by atoms with Crippen molar-refractivity contribution in [3.05, 3.63) is 32.8 Å². The SMILES string of the molecule is Cc1cc([N+](=O)[O-])cc(Cl)c1NCC1CCC(C(=O)N(C)C)O1. The number of rotatable bonds is 5. The lowest BCUT2D eigenvalue weighted by Gasteiger charge is -2.18. The van der Waals surface area contributed by atoms with Crippen LogP contribution in [-0.4, -0.2) is 48.6 Å². The highest BCUT2D eigenvalue weighted by molar-refractivity contribution is 6.33. The Balaban J connectivity index is 1.97. The van der Waals surface area contributed by atoms with Crippen LogP contribution in [0, 0.1) is 17.0 Å². The predicted octanol–water partition coefficient (Wildman–Crippen LogP) is 2.60. The summed E-state index contributed by atoms with van der Waals surface area (Å²) in [5.74, 6) is -0.0305. The topological polar surface area (TPSA) is 84.7 Å². The largest absolute Gasteiger partial charge is 0.381 e. The average Bonchev–Trinajstić information content (AvgIpc) is 2.93. The first kappa shape index (κ1) is 17.5. The van der Waals surface area contributed by atoms with Crippen LogP contribution in [0.25, 0.3) is 0 Å². The van der Waals surface area contributed by atoms with Crippen LogP contribution in [0.4, 0.5) is 11.4 Å². The van der Waals surface area contributed by atoms with Crippen LogP contribution in [0.2, 0.25) is 5.02 Å². The number of halogens is 1. The number of nitrogens with zero attached hydrogens (tertiary/aromatic N) is 2. The molecule has 0 aliphatic carbocycles. The smallest absolute Gasteiger partial charge is 0.271 e. The molecule has 126 valence electrons. The Bertz CT molecular complexity index is 598. The van der Waals surface area contributed by atoms with Crippen LogP contribution in [0.5, 0.6) is 0 Å². The number of nitro groups is 1. The molecule has 2 rings (SSSR count). The van der Waals surface area contributed by atoms with Gasteiger partial charge >= 0.3 is 0 Å². The van der Waals surface area contributed by atoms with E-state index in [2.05, 4.69) is 5.32 Å². The van der Waals surface area contributed by atoms with Crippen molar-refractivity contribution >= 4 is 28.9 Å². The fourth-order valence-electron chi connectivity index (χ4n) is 2.60. The van der Waals surface area contributed by atoms with Crippen LogP contribution in [0.3, 0.4) is 0 Å². The first-order valence-electron chi connectivity index (χ1n) is 7.34. The van der Waals surface area contributed by atoms with Gasteiger partial charge in [0, 0.05) is 32.8 Å². The summed E-state index contributed by atoms with van der Waals surface area (Å²) >= 11 is 6.12. The van der Waals surface area contributed by atoms with Gasteiger partial charge in [-0.2, -0.15) is 0 Å². The van der Waals surface area contributed by atoms with Gasteiger partial charge in [0.25, 0.3) is 11.6 Å². The zero-order valence-electron chi connectivity index (χ0n) is 13.3. The number of carbonyl (C=O) groups excluding carboxylic acids is 1.